The summed E-state index contributed by atoms with van der Waals surface area (Å²) in [6.07, 6.45) is -9.28. The summed E-state index contributed by atoms with van der Waals surface area (Å²) in [4.78, 5) is 0. The highest BCUT2D eigenvalue weighted by atomic mass is 32.2. The maximum absolute atomic E-state index is 13.6. The Morgan fingerprint density at radius 2 is 0.779 bits per heavy atom. The third-order valence-electron chi connectivity index (χ3n) is 10.8. The van der Waals surface area contributed by atoms with Crippen LogP contribution in [0.5, 0.6) is 0 Å². The van der Waals surface area contributed by atoms with Crippen LogP contribution >= 0.6 is 0 Å². The quantitative estimate of drug-likeness (QED) is 0.0869. The minimum absolute atomic E-state index is 0.174. The molecule has 10 rings (SSSR count). The first-order valence-corrected chi connectivity index (χ1v) is 23.3. The van der Waals surface area contributed by atoms with Crippen molar-refractivity contribution in [1.29, 1.82) is 0 Å². The summed E-state index contributed by atoms with van der Waals surface area (Å²) in [5, 5.41) is 25.4. The maximum Gasteiger partial charge on any atom is 0.435 e. The fraction of sp³-hybridized carbons (Fsp3) is 0.0417. The number of benzene rings is 8. The van der Waals surface area contributed by atoms with Crippen molar-refractivity contribution >= 4 is 74.9 Å². The van der Waals surface area contributed by atoms with Crippen LogP contribution in [0.1, 0.15) is 11.4 Å². The van der Waals surface area contributed by atoms with E-state index in [0.717, 1.165) is 55.2 Å². The van der Waals surface area contributed by atoms with Crippen molar-refractivity contribution in [3.8, 4) is 33.9 Å². The van der Waals surface area contributed by atoms with E-state index in [9.17, 15) is 43.2 Å². The highest BCUT2D eigenvalue weighted by molar-refractivity contribution is 7.90. The molecule has 0 aliphatic heterocycles. The molecule has 0 aliphatic carbocycles. The molecule has 6 N–H and O–H groups in total. The minimum atomic E-state index is -4.64. The molecule has 0 unspecified atom stereocenters. The lowest BCUT2D eigenvalue weighted by molar-refractivity contribution is -0.142. The first-order chi connectivity index (χ1) is 32.2. The normalized spacial score (nSPS) is 12.4. The minimum Gasteiger partial charge on any atom is -0.271 e. The third kappa shape index (κ3) is 9.70. The number of halogens is 6. The molecule has 0 atom stereocenters. The molecule has 0 amide bonds. The Balaban J connectivity index is 0.000000170. The first kappa shape index (κ1) is 45.4. The lowest BCUT2D eigenvalue weighted by Gasteiger charge is -2.11. The number of nitrogens with two attached hydrogens (primary N) is 2. The number of aromatic nitrogens is 4. The van der Waals surface area contributed by atoms with E-state index in [1.54, 1.807) is 12.1 Å². The van der Waals surface area contributed by atoms with Crippen molar-refractivity contribution in [2.24, 2.45) is 10.3 Å². The van der Waals surface area contributed by atoms with Gasteiger partial charge in [0, 0.05) is 22.5 Å². The van der Waals surface area contributed by atoms with Crippen molar-refractivity contribution in [1.82, 2.24) is 19.6 Å². The van der Waals surface area contributed by atoms with Crippen LogP contribution in [0.3, 0.4) is 0 Å². The van der Waals surface area contributed by atoms with E-state index < -0.39 is 44.2 Å². The van der Waals surface area contributed by atoms with Crippen molar-refractivity contribution in [2.45, 2.75) is 12.4 Å². The standard InChI is InChI=1S/2C24H17F3N4O2S/c25-24(26,27)23-14-22(31(29-23)19-10-8-18(9-11-19)30-34(28,32)33)17-7-12-21-16(13-17)6-5-15-3-1-2-4-20(15)21;25-24(26,27)23-14-22(31(29-23)19-11-9-18(10-12-19)30-34(28,32)33)17-8-7-16-6-5-15-3-1-2-4-20(15)21(16)13-17/h2*1-14,30H,(H2,28,32,33). The second-order valence-electron chi connectivity index (χ2n) is 15.5. The van der Waals surface area contributed by atoms with Gasteiger partial charge in [-0.2, -0.15) is 53.4 Å². The number of hydrogen-bond acceptors (Lipinski definition) is 6. The van der Waals surface area contributed by atoms with Crippen LogP contribution in [0.4, 0.5) is 37.7 Å². The summed E-state index contributed by atoms with van der Waals surface area (Å²) in [5.74, 6) is 0. The molecule has 0 bridgehead atoms. The maximum atomic E-state index is 13.6. The zero-order chi connectivity index (χ0) is 48.2. The lowest BCUT2D eigenvalue weighted by Crippen LogP contribution is -2.21. The van der Waals surface area contributed by atoms with Gasteiger partial charge in [-0.3, -0.25) is 9.44 Å². The Morgan fingerprint density at radius 1 is 0.412 bits per heavy atom. The summed E-state index contributed by atoms with van der Waals surface area (Å²) >= 11 is 0. The predicted molar refractivity (Wildman–Crippen MR) is 251 cm³/mol. The van der Waals surface area contributed by atoms with Crippen molar-refractivity contribution < 1.29 is 43.2 Å². The molecule has 12 nitrogen and oxygen atoms in total. The van der Waals surface area contributed by atoms with Gasteiger partial charge >= 0.3 is 12.4 Å². The van der Waals surface area contributed by atoms with E-state index in [-0.39, 0.29) is 22.8 Å². The van der Waals surface area contributed by atoms with Gasteiger partial charge in [0.25, 0.3) is 20.4 Å². The van der Waals surface area contributed by atoms with Gasteiger partial charge in [-0.05, 0) is 116 Å². The average molecular weight is 965 g/mol. The highest BCUT2D eigenvalue weighted by Gasteiger charge is 2.36. The van der Waals surface area contributed by atoms with Gasteiger partial charge in [0.05, 0.1) is 22.8 Å². The fourth-order valence-electron chi connectivity index (χ4n) is 7.85. The lowest BCUT2D eigenvalue weighted by atomic mass is 9.99. The molecular weight excluding hydrogens is 931 g/mol. The second-order valence-corrected chi connectivity index (χ2v) is 18.1. The van der Waals surface area contributed by atoms with Crippen LogP contribution < -0.4 is 19.7 Å². The molecule has 0 saturated heterocycles. The van der Waals surface area contributed by atoms with Gasteiger partial charge in [-0.15, -0.1) is 0 Å². The second kappa shape index (κ2) is 17.1. The molecule has 0 spiro atoms. The summed E-state index contributed by atoms with van der Waals surface area (Å²) in [7, 11) is -7.96. The first-order valence-electron chi connectivity index (χ1n) is 20.2. The average Bonchev–Trinajstić information content (AvgIpc) is 3.96. The Kier molecular flexibility index (Phi) is 11.4. The van der Waals surface area contributed by atoms with Gasteiger partial charge in [0.1, 0.15) is 0 Å². The Bertz CT molecular complexity index is 3780. The summed E-state index contributed by atoms with van der Waals surface area (Å²) < 4.78 is 133. The molecule has 0 radical (unpaired) electrons. The molecule has 344 valence electrons. The molecule has 2 aromatic heterocycles. The number of anilines is 2. The summed E-state index contributed by atoms with van der Waals surface area (Å²) in [5.41, 5.74) is 0.523. The zero-order valence-electron chi connectivity index (χ0n) is 34.8. The van der Waals surface area contributed by atoms with Crippen molar-refractivity contribution in [3.05, 3.63) is 181 Å². The number of rotatable bonds is 8. The molecule has 8 aromatic carbocycles. The van der Waals surface area contributed by atoms with Crippen LogP contribution in [0.25, 0.3) is 77.0 Å². The van der Waals surface area contributed by atoms with Crippen LogP contribution in [0.15, 0.2) is 170 Å². The van der Waals surface area contributed by atoms with Crippen LogP contribution in [-0.2, 0) is 32.8 Å². The van der Waals surface area contributed by atoms with Crippen molar-refractivity contribution in [3.63, 3.8) is 0 Å². The fourth-order valence-corrected chi connectivity index (χ4v) is 8.78. The van der Waals surface area contributed by atoms with Gasteiger partial charge in [-0.1, -0.05) is 97.1 Å². The number of nitrogens with zero attached hydrogens (tertiary/aromatic N) is 4. The molecule has 2 heterocycles. The zero-order valence-corrected chi connectivity index (χ0v) is 36.5. The van der Waals surface area contributed by atoms with E-state index in [0.29, 0.717) is 22.5 Å². The largest absolute Gasteiger partial charge is 0.435 e. The van der Waals surface area contributed by atoms with E-state index in [4.69, 9.17) is 10.3 Å². The molecule has 0 aliphatic rings. The number of nitrogens with one attached hydrogen (secondary N) is 2. The van der Waals surface area contributed by atoms with Gasteiger partial charge in [0.2, 0.25) is 0 Å². The third-order valence-corrected chi connectivity index (χ3v) is 11.9. The summed E-state index contributed by atoms with van der Waals surface area (Å²) in [6, 6.07) is 47.9. The predicted octanol–water partition coefficient (Wildman–Crippen LogP) is 11.0. The topological polar surface area (TPSA) is 180 Å². The molecule has 20 heteroatoms. The SMILES string of the molecule is NS(=O)(=O)Nc1ccc(-n2nc(C(F)(F)F)cc2-c2ccc3c(ccc4ccccc43)c2)cc1.NS(=O)(=O)Nc1ccc(-n2nc(C(F)(F)F)cc2-c2ccc3ccc4ccccc4c3c2)cc1. The number of alkyl halides is 6. The Hall–Kier alpha value is -7.78. The molecule has 0 fully saturated rings. The summed E-state index contributed by atoms with van der Waals surface area (Å²) in [6.45, 7) is 0. The Labute approximate surface area is 383 Å². The molecular formula is C48H34F6N8O4S2. The van der Waals surface area contributed by atoms with Gasteiger partial charge in [-0.25, -0.2) is 19.6 Å². The van der Waals surface area contributed by atoms with Crippen LogP contribution in [0.2, 0.25) is 0 Å². The van der Waals surface area contributed by atoms with Crippen molar-refractivity contribution in [2.75, 3.05) is 9.44 Å². The van der Waals surface area contributed by atoms with E-state index in [2.05, 4.69) is 19.6 Å². The van der Waals surface area contributed by atoms with E-state index >= 15 is 0 Å². The van der Waals surface area contributed by atoms with Crippen LogP contribution in [0, 0.1) is 0 Å². The van der Waals surface area contributed by atoms with Gasteiger partial charge < -0.3 is 0 Å². The Morgan fingerprint density at radius 3 is 1.24 bits per heavy atom. The molecule has 10 aromatic rings. The number of hydrogen-bond donors (Lipinski definition) is 4. The van der Waals surface area contributed by atoms with Gasteiger partial charge in [0.15, 0.2) is 11.4 Å². The molecule has 0 saturated carbocycles. The number of fused-ring (bicyclic) bond motifs is 6. The van der Waals surface area contributed by atoms with E-state index in [1.807, 2.05) is 97.1 Å². The van der Waals surface area contributed by atoms with Crippen LogP contribution in [-0.4, -0.2) is 36.4 Å². The monoisotopic (exact) mass is 964 g/mol. The molecule has 68 heavy (non-hydrogen) atoms. The van der Waals surface area contributed by atoms with E-state index in [1.165, 1.54) is 57.9 Å². The highest BCUT2D eigenvalue weighted by Crippen LogP contribution is 2.38. The smallest absolute Gasteiger partial charge is 0.271 e.